The van der Waals surface area contributed by atoms with Gasteiger partial charge in [-0.25, -0.2) is 9.69 Å². The number of aliphatic hydroxyl groups is 1. The number of ether oxygens (including phenoxy) is 1. The molecule has 86 valence electrons. The minimum atomic E-state index is -0.565. The van der Waals surface area contributed by atoms with E-state index in [2.05, 4.69) is 4.74 Å². The number of carbonyl (C=O) groups is 2. The molecule has 1 saturated heterocycles. The highest BCUT2D eigenvalue weighted by Crippen LogP contribution is 2.16. The van der Waals surface area contributed by atoms with E-state index in [4.69, 9.17) is 0 Å². The van der Waals surface area contributed by atoms with Gasteiger partial charge in [0.2, 0.25) is 5.91 Å². The smallest absolute Gasteiger partial charge is 0.416 e. The maximum absolute atomic E-state index is 11.5. The lowest BCUT2D eigenvalue weighted by atomic mass is 10.3. The standard InChI is InChI=1S/C9H15NO4S/c1-6(11)7(2)15-5-8(12)10-3-4-14-9(10)13/h6-7,11H,3-5H2,1-2H3. The largest absolute Gasteiger partial charge is 0.447 e. The van der Waals surface area contributed by atoms with Crippen LogP contribution in [-0.2, 0) is 9.53 Å². The van der Waals surface area contributed by atoms with Crippen molar-refractivity contribution >= 4 is 23.8 Å². The molecule has 1 N–H and O–H groups in total. The summed E-state index contributed by atoms with van der Waals surface area (Å²) >= 11 is 1.33. The first kappa shape index (κ1) is 12.3. The van der Waals surface area contributed by atoms with Crippen LogP contribution in [0.1, 0.15) is 13.8 Å². The van der Waals surface area contributed by atoms with Crippen molar-refractivity contribution in [2.24, 2.45) is 0 Å². The van der Waals surface area contributed by atoms with E-state index < -0.39 is 12.2 Å². The van der Waals surface area contributed by atoms with Crippen molar-refractivity contribution < 1.29 is 19.4 Å². The highest BCUT2D eigenvalue weighted by Gasteiger charge is 2.28. The quantitative estimate of drug-likeness (QED) is 0.764. The number of hydrogen-bond acceptors (Lipinski definition) is 5. The molecule has 1 rings (SSSR count). The summed E-state index contributed by atoms with van der Waals surface area (Å²) in [6, 6.07) is 0. The minimum absolute atomic E-state index is 0.0208. The zero-order chi connectivity index (χ0) is 11.4. The molecule has 0 aromatic carbocycles. The topological polar surface area (TPSA) is 66.8 Å². The predicted octanol–water partition coefficient (Wildman–Crippen LogP) is 0.468. The van der Waals surface area contributed by atoms with E-state index in [1.807, 2.05) is 6.92 Å². The van der Waals surface area contributed by atoms with Crippen molar-refractivity contribution in [3.63, 3.8) is 0 Å². The summed E-state index contributed by atoms with van der Waals surface area (Å²) in [6.45, 7) is 4.12. The second-order valence-electron chi connectivity index (χ2n) is 3.42. The summed E-state index contributed by atoms with van der Waals surface area (Å²) in [5, 5.41) is 9.19. The molecule has 1 fully saturated rings. The summed E-state index contributed by atoms with van der Waals surface area (Å²) < 4.78 is 4.65. The molecule has 0 spiro atoms. The lowest BCUT2D eigenvalue weighted by Crippen LogP contribution is -2.33. The molecule has 0 saturated carbocycles. The van der Waals surface area contributed by atoms with Crippen molar-refractivity contribution in [1.29, 1.82) is 0 Å². The summed E-state index contributed by atoms with van der Waals surface area (Å²) in [4.78, 5) is 23.6. The van der Waals surface area contributed by atoms with Crippen LogP contribution < -0.4 is 0 Å². The Balaban J connectivity index is 2.33. The number of amides is 2. The van der Waals surface area contributed by atoms with Crippen molar-refractivity contribution in [2.45, 2.75) is 25.2 Å². The summed E-state index contributed by atoms with van der Waals surface area (Å²) in [5.74, 6) is -0.0590. The minimum Gasteiger partial charge on any atom is -0.447 e. The molecule has 2 unspecified atom stereocenters. The summed E-state index contributed by atoms with van der Waals surface area (Å²) in [6.07, 6.45) is -1.03. The molecule has 2 amide bonds. The normalized spacial score (nSPS) is 19.9. The first-order valence-electron chi connectivity index (χ1n) is 4.79. The van der Waals surface area contributed by atoms with Crippen LogP contribution in [0.2, 0.25) is 0 Å². The van der Waals surface area contributed by atoms with E-state index in [0.717, 1.165) is 4.90 Å². The van der Waals surface area contributed by atoms with Crippen LogP contribution in [0.3, 0.4) is 0 Å². The molecule has 5 nitrogen and oxygen atoms in total. The Morgan fingerprint density at radius 1 is 1.67 bits per heavy atom. The van der Waals surface area contributed by atoms with Crippen LogP contribution in [0.4, 0.5) is 4.79 Å². The molecule has 6 heteroatoms. The first-order chi connectivity index (χ1) is 7.02. The number of imide groups is 1. The van der Waals surface area contributed by atoms with Crippen LogP contribution in [0.5, 0.6) is 0 Å². The third-order valence-corrected chi connectivity index (χ3v) is 3.54. The van der Waals surface area contributed by atoms with Crippen molar-refractivity contribution in [2.75, 3.05) is 18.9 Å². The zero-order valence-corrected chi connectivity index (χ0v) is 9.62. The fourth-order valence-electron chi connectivity index (χ4n) is 1.04. The van der Waals surface area contributed by atoms with Crippen LogP contribution >= 0.6 is 11.8 Å². The molecule has 0 radical (unpaired) electrons. The molecule has 15 heavy (non-hydrogen) atoms. The molecule has 0 bridgehead atoms. The molecule has 0 aliphatic carbocycles. The maximum atomic E-state index is 11.5. The fraction of sp³-hybridized carbons (Fsp3) is 0.778. The Kier molecular flexibility index (Phi) is 4.41. The van der Waals surface area contributed by atoms with Crippen LogP contribution in [0.25, 0.3) is 0 Å². The monoisotopic (exact) mass is 233 g/mol. The van der Waals surface area contributed by atoms with Crippen molar-refractivity contribution in [3.05, 3.63) is 0 Å². The third-order valence-electron chi connectivity index (χ3n) is 2.21. The maximum Gasteiger partial charge on any atom is 0.416 e. The van der Waals surface area contributed by atoms with Gasteiger partial charge in [-0.15, -0.1) is 11.8 Å². The SMILES string of the molecule is CC(O)C(C)SCC(=O)N1CCOC1=O. The van der Waals surface area contributed by atoms with Gasteiger partial charge in [0.15, 0.2) is 0 Å². The number of rotatable bonds is 4. The molecule has 1 heterocycles. The van der Waals surface area contributed by atoms with E-state index >= 15 is 0 Å². The second-order valence-corrected chi connectivity index (χ2v) is 4.78. The Morgan fingerprint density at radius 3 is 2.80 bits per heavy atom. The van der Waals surface area contributed by atoms with Gasteiger partial charge < -0.3 is 9.84 Å². The fourth-order valence-corrected chi connectivity index (χ4v) is 1.88. The Labute approximate surface area is 92.8 Å². The van der Waals surface area contributed by atoms with Gasteiger partial charge in [-0.1, -0.05) is 6.92 Å². The van der Waals surface area contributed by atoms with E-state index in [9.17, 15) is 14.7 Å². The lowest BCUT2D eigenvalue weighted by molar-refractivity contribution is -0.125. The van der Waals surface area contributed by atoms with Crippen LogP contribution in [-0.4, -0.2) is 52.3 Å². The molecule has 2 atom stereocenters. The third kappa shape index (κ3) is 3.39. The number of thioether (sulfide) groups is 1. The average molecular weight is 233 g/mol. The van der Waals surface area contributed by atoms with Crippen LogP contribution in [0, 0.1) is 0 Å². The van der Waals surface area contributed by atoms with Crippen molar-refractivity contribution in [1.82, 2.24) is 4.90 Å². The lowest BCUT2D eigenvalue weighted by Gasteiger charge is -2.15. The molecule has 1 aliphatic rings. The van der Waals surface area contributed by atoms with Gasteiger partial charge in [0.1, 0.15) is 6.61 Å². The Bertz CT molecular complexity index is 256. The number of cyclic esters (lactones) is 1. The summed E-state index contributed by atoms with van der Waals surface area (Å²) in [5.41, 5.74) is 0. The van der Waals surface area contributed by atoms with E-state index in [1.165, 1.54) is 11.8 Å². The Hall–Kier alpha value is -0.750. The van der Waals surface area contributed by atoms with Gasteiger partial charge >= 0.3 is 6.09 Å². The number of hydrogen-bond donors (Lipinski definition) is 1. The predicted molar refractivity (Wildman–Crippen MR) is 56.7 cm³/mol. The molecule has 1 aliphatic heterocycles. The van der Waals surface area contributed by atoms with Gasteiger partial charge in [0.05, 0.1) is 18.4 Å². The van der Waals surface area contributed by atoms with Gasteiger partial charge in [0, 0.05) is 5.25 Å². The number of aliphatic hydroxyl groups excluding tert-OH is 1. The van der Waals surface area contributed by atoms with E-state index in [0.29, 0.717) is 6.54 Å². The number of nitrogens with zero attached hydrogens (tertiary/aromatic N) is 1. The van der Waals surface area contributed by atoms with Gasteiger partial charge in [0.25, 0.3) is 0 Å². The van der Waals surface area contributed by atoms with Crippen molar-refractivity contribution in [3.8, 4) is 0 Å². The first-order valence-corrected chi connectivity index (χ1v) is 5.84. The van der Waals surface area contributed by atoms with Gasteiger partial charge in [-0.05, 0) is 6.92 Å². The molecule has 0 aromatic rings. The number of carbonyl (C=O) groups excluding carboxylic acids is 2. The second kappa shape index (κ2) is 5.37. The zero-order valence-electron chi connectivity index (χ0n) is 8.80. The van der Waals surface area contributed by atoms with Gasteiger partial charge in [-0.3, -0.25) is 4.79 Å². The molecule has 0 aromatic heterocycles. The van der Waals surface area contributed by atoms with E-state index in [1.54, 1.807) is 6.92 Å². The van der Waals surface area contributed by atoms with Gasteiger partial charge in [-0.2, -0.15) is 0 Å². The molecular weight excluding hydrogens is 218 g/mol. The van der Waals surface area contributed by atoms with Crippen LogP contribution in [0.15, 0.2) is 0 Å². The highest BCUT2D eigenvalue weighted by atomic mass is 32.2. The van der Waals surface area contributed by atoms with E-state index in [-0.39, 0.29) is 23.5 Å². The average Bonchev–Trinajstić information content (AvgIpc) is 2.60. The molecular formula is C9H15NO4S. The Morgan fingerprint density at radius 2 is 2.33 bits per heavy atom. The highest BCUT2D eigenvalue weighted by molar-refractivity contribution is 8.00. The summed E-state index contributed by atoms with van der Waals surface area (Å²) in [7, 11) is 0.